The van der Waals surface area contributed by atoms with Gasteiger partial charge in [-0.25, -0.2) is 0 Å². The number of carbonyl (C=O) groups excluding carboxylic acids is 2. The molecule has 2 aromatic rings. The van der Waals surface area contributed by atoms with Crippen LogP contribution in [0, 0.1) is 0 Å². The van der Waals surface area contributed by atoms with E-state index in [2.05, 4.69) is 6.58 Å². The van der Waals surface area contributed by atoms with Crippen LogP contribution in [0.15, 0.2) is 66.1 Å². The molecular formula is C21H19NO4S. The van der Waals surface area contributed by atoms with Crippen molar-refractivity contribution < 1.29 is 19.1 Å². The molecular weight excluding hydrogens is 362 g/mol. The Balaban J connectivity index is 1.77. The average molecular weight is 381 g/mol. The number of hydrogen-bond acceptors (Lipinski definition) is 5. The molecule has 2 amide bonds. The zero-order valence-electron chi connectivity index (χ0n) is 14.9. The molecule has 6 heteroatoms. The molecule has 0 aromatic heterocycles. The fourth-order valence-corrected chi connectivity index (χ4v) is 3.41. The van der Waals surface area contributed by atoms with Gasteiger partial charge in [0.2, 0.25) is 0 Å². The lowest BCUT2D eigenvalue weighted by atomic mass is 10.1. The van der Waals surface area contributed by atoms with Crippen LogP contribution < -0.4 is 9.47 Å². The van der Waals surface area contributed by atoms with Crippen LogP contribution in [0.25, 0.3) is 6.08 Å². The van der Waals surface area contributed by atoms with E-state index in [1.807, 2.05) is 36.4 Å². The van der Waals surface area contributed by atoms with Gasteiger partial charge >= 0.3 is 0 Å². The first-order chi connectivity index (χ1) is 13.1. The number of nitrogens with zero attached hydrogens (tertiary/aromatic N) is 1. The summed E-state index contributed by atoms with van der Waals surface area (Å²) in [5.41, 5.74) is 1.81. The summed E-state index contributed by atoms with van der Waals surface area (Å²) in [4.78, 5) is 25.8. The maximum absolute atomic E-state index is 12.3. The molecule has 0 atom stereocenters. The van der Waals surface area contributed by atoms with Crippen LogP contribution in [-0.2, 0) is 11.4 Å². The number of amides is 2. The smallest absolute Gasteiger partial charge is 0.293 e. The van der Waals surface area contributed by atoms with Crippen LogP contribution in [0.4, 0.5) is 4.79 Å². The Morgan fingerprint density at radius 3 is 2.59 bits per heavy atom. The number of imide groups is 1. The Morgan fingerprint density at radius 1 is 1.11 bits per heavy atom. The highest BCUT2D eigenvalue weighted by Gasteiger charge is 2.34. The molecule has 0 unspecified atom stereocenters. The minimum Gasteiger partial charge on any atom is -0.493 e. The summed E-state index contributed by atoms with van der Waals surface area (Å²) in [5, 5.41) is -0.291. The van der Waals surface area contributed by atoms with Crippen molar-refractivity contribution in [1.82, 2.24) is 4.90 Å². The van der Waals surface area contributed by atoms with Crippen LogP contribution in [0.5, 0.6) is 11.5 Å². The first-order valence-corrected chi connectivity index (χ1v) is 9.15. The number of ether oxygens (including phenoxy) is 2. The second-order valence-corrected chi connectivity index (χ2v) is 6.76. The van der Waals surface area contributed by atoms with E-state index in [9.17, 15) is 9.59 Å². The van der Waals surface area contributed by atoms with E-state index in [0.717, 1.165) is 27.8 Å². The van der Waals surface area contributed by atoms with Gasteiger partial charge < -0.3 is 9.47 Å². The van der Waals surface area contributed by atoms with Gasteiger partial charge in [-0.1, -0.05) is 42.5 Å². The van der Waals surface area contributed by atoms with E-state index in [0.29, 0.717) is 23.0 Å². The zero-order valence-corrected chi connectivity index (χ0v) is 15.7. The van der Waals surface area contributed by atoms with E-state index in [1.165, 1.54) is 6.08 Å². The molecule has 1 aliphatic heterocycles. The predicted octanol–water partition coefficient (Wildman–Crippen LogP) is 4.50. The van der Waals surface area contributed by atoms with E-state index in [1.54, 1.807) is 25.3 Å². The molecule has 138 valence electrons. The summed E-state index contributed by atoms with van der Waals surface area (Å²) < 4.78 is 11.2. The number of benzene rings is 2. The Bertz CT molecular complexity index is 892. The summed E-state index contributed by atoms with van der Waals surface area (Å²) in [6.07, 6.45) is 3.21. The van der Waals surface area contributed by atoms with Crippen molar-refractivity contribution in [2.45, 2.75) is 6.61 Å². The zero-order chi connectivity index (χ0) is 19.2. The third kappa shape index (κ3) is 4.41. The molecule has 0 bridgehead atoms. The third-order valence-electron chi connectivity index (χ3n) is 3.91. The topological polar surface area (TPSA) is 55.8 Å². The van der Waals surface area contributed by atoms with E-state index in [-0.39, 0.29) is 17.7 Å². The van der Waals surface area contributed by atoms with Gasteiger partial charge in [-0.2, -0.15) is 0 Å². The van der Waals surface area contributed by atoms with Crippen LogP contribution in [0.2, 0.25) is 0 Å². The van der Waals surface area contributed by atoms with Gasteiger partial charge in [0.15, 0.2) is 11.5 Å². The van der Waals surface area contributed by atoms with Gasteiger partial charge in [0, 0.05) is 6.54 Å². The van der Waals surface area contributed by atoms with Crippen molar-refractivity contribution in [3.63, 3.8) is 0 Å². The molecule has 0 radical (unpaired) electrons. The lowest BCUT2D eigenvalue weighted by molar-refractivity contribution is -0.122. The largest absolute Gasteiger partial charge is 0.493 e. The highest BCUT2D eigenvalue weighted by atomic mass is 32.2. The molecule has 0 saturated carbocycles. The number of thioether (sulfide) groups is 1. The lowest BCUT2D eigenvalue weighted by Gasteiger charge is -2.11. The monoisotopic (exact) mass is 381 g/mol. The van der Waals surface area contributed by atoms with Crippen molar-refractivity contribution in [2.24, 2.45) is 0 Å². The minimum atomic E-state index is -0.312. The summed E-state index contributed by atoms with van der Waals surface area (Å²) >= 11 is 0.920. The molecule has 5 nitrogen and oxygen atoms in total. The molecule has 0 aliphatic carbocycles. The molecule has 27 heavy (non-hydrogen) atoms. The second kappa shape index (κ2) is 8.60. The molecule has 0 spiro atoms. The van der Waals surface area contributed by atoms with Gasteiger partial charge in [-0.05, 0) is 41.1 Å². The summed E-state index contributed by atoms with van der Waals surface area (Å²) in [7, 11) is 1.56. The number of rotatable bonds is 7. The SMILES string of the molecule is C=CCN1C(=O)S/C(=C/c2ccc(OCc3ccccc3)c(OC)c2)C1=O. The Labute approximate surface area is 162 Å². The van der Waals surface area contributed by atoms with Gasteiger partial charge in [0.05, 0.1) is 12.0 Å². The van der Waals surface area contributed by atoms with Crippen molar-refractivity contribution in [1.29, 1.82) is 0 Å². The molecule has 1 saturated heterocycles. The average Bonchev–Trinajstić information content (AvgIpc) is 2.95. The quantitative estimate of drug-likeness (QED) is 0.522. The summed E-state index contributed by atoms with van der Waals surface area (Å²) in [5.74, 6) is 0.858. The number of carbonyl (C=O) groups is 2. The summed E-state index contributed by atoms with van der Waals surface area (Å²) in [6, 6.07) is 15.2. The van der Waals surface area contributed by atoms with Crippen molar-refractivity contribution in [3.8, 4) is 11.5 Å². The lowest BCUT2D eigenvalue weighted by Crippen LogP contribution is -2.27. The molecule has 1 fully saturated rings. The van der Waals surface area contributed by atoms with Crippen molar-refractivity contribution in [3.05, 3.63) is 77.2 Å². The summed E-state index contributed by atoms with van der Waals surface area (Å²) in [6.45, 7) is 4.20. The standard InChI is InChI=1S/C21H19NO4S/c1-3-11-22-20(23)19(27-21(22)24)13-16-9-10-17(18(12-16)25-2)26-14-15-7-5-4-6-8-15/h3-10,12-13H,1,11,14H2,2H3/b19-13+. The molecule has 2 aromatic carbocycles. The van der Waals surface area contributed by atoms with Crippen LogP contribution >= 0.6 is 11.8 Å². The van der Waals surface area contributed by atoms with E-state index < -0.39 is 0 Å². The van der Waals surface area contributed by atoms with E-state index >= 15 is 0 Å². The van der Waals surface area contributed by atoms with Crippen molar-refractivity contribution >= 4 is 29.0 Å². The van der Waals surface area contributed by atoms with Gasteiger partial charge in [-0.3, -0.25) is 14.5 Å². The van der Waals surface area contributed by atoms with Gasteiger partial charge in [0.1, 0.15) is 6.61 Å². The van der Waals surface area contributed by atoms with Crippen LogP contribution in [0.1, 0.15) is 11.1 Å². The Hall–Kier alpha value is -2.99. The molecule has 3 rings (SSSR count). The predicted molar refractivity (Wildman–Crippen MR) is 107 cm³/mol. The van der Waals surface area contributed by atoms with Crippen LogP contribution in [-0.4, -0.2) is 29.7 Å². The fourth-order valence-electron chi connectivity index (χ4n) is 2.57. The molecule has 1 heterocycles. The van der Waals surface area contributed by atoms with Gasteiger partial charge in [0.25, 0.3) is 11.1 Å². The maximum atomic E-state index is 12.3. The van der Waals surface area contributed by atoms with Crippen molar-refractivity contribution in [2.75, 3.05) is 13.7 Å². The molecule has 1 aliphatic rings. The number of methoxy groups -OCH3 is 1. The van der Waals surface area contributed by atoms with E-state index in [4.69, 9.17) is 9.47 Å². The Kier molecular flexibility index (Phi) is 5.98. The van der Waals surface area contributed by atoms with Crippen LogP contribution in [0.3, 0.4) is 0 Å². The maximum Gasteiger partial charge on any atom is 0.293 e. The highest BCUT2D eigenvalue weighted by Crippen LogP contribution is 2.34. The molecule has 0 N–H and O–H groups in total. The minimum absolute atomic E-state index is 0.206. The first-order valence-electron chi connectivity index (χ1n) is 8.33. The van der Waals surface area contributed by atoms with Gasteiger partial charge in [-0.15, -0.1) is 6.58 Å². The number of hydrogen-bond donors (Lipinski definition) is 0. The Morgan fingerprint density at radius 2 is 1.89 bits per heavy atom. The fraction of sp³-hybridized carbons (Fsp3) is 0.143. The highest BCUT2D eigenvalue weighted by molar-refractivity contribution is 8.18. The normalized spacial score (nSPS) is 15.3. The third-order valence-corrected chi connectivity index (χ3v) is 4.82. The second-order valence-electron chi connectivity index (χ2n) is 5.77. The first kappa shape index (κ1) is 18.8.